The van der Waals surface area contributed by atoms with Crippen molar-refractivity contribution < 1.29 is 9.53 Å². The fourth-order valence-corrected chi connectivity index (χ4v) is 2.78. The summed E-state index contributed by atoms with van der Waals surface area (Å²) < 4.78 is 6.27. The van der Waals surface area contributed by atoms with Gasteiger partial charge in [0, 0.05) is 24.9 Å². The molecule has 2 heterocycles. The van der Waals surface area contributed by atoms with Crippen molar-refractivity contribution >= 4 is 5.91 Å². The standard InChI is InChI=1S/C17H20N4O3/c1-11(21-16(22)8-13-4-3-5-14(13)20-21)17(23)19-10-12-6-7-15(24-2)18-9-12/h6-9,11H,3-5,10H2,1-2H3,(H,19,23). The van der Waals surface area contributed by atoms with Crippen LogP contribution in [0.4, 0.5) is 0 Å². The highest BCUT2D eigenvalue weighted by Crippen LogP contribution is 2.18. The quantitative estimate of drug-likeness (QED) is 0.885. The molecule has 0 saturated carbocycles. The van der Waals surface area contributed by atoms with Crippen LogP contribution in [-0.4, -0.2) is 27.8 Å². The number of nitrogens with one attached hydrogen (secondary N) is 1. The molecule has 1 atom stereocenters. The van der Waals surface area contributed by atoms with E-state index in [2.05, 4.69) is 15.4 Å². The number of hydrogen-bond donors (Lipinski definition) is 1. The molecule has 7 heteroatoms. The zero-order chi connectivity index (χ0) is 17.1. The van der Waals surface area contributed by atoms with Crippen LogP contribution in [0.1, 0.15) is 36.2 Å². The molecule has 24 heavy (non-hydrogen) atoms. The van der Waals surface area contributed by atoms with Gasteiger partial charge in [0.15, 0.2) is 0 Å². The zero-order valence-corrected chi connectivity index (χ0v) is 13.8. The van der Waals surface area contributed by atoms with Crippen molar-refractivity contribution in [3.8, 4) is 5.88 Å². The van der Waals surface area contributed by atoms with E-state index in [1.54, 1.807) is 32.4 Å². The average molecular weight is 328 g/mol. The lowest BCUT2D eigenvalue weighted by atomic mass is 10.2. The summed E-state index contributed by atoms with van der Waals surface area (Å²) in [5, 5.41) is 7.18. The molecule has 7 nitrogen and oxygen atoms in total. The van der Waals surface area contributed by atoms with Crippen molar-refractivity contribution in [3.63, 3.8) is 0 Å². The van der Waals surface area contributed by atoms with Gasteiger partial charge < -0.3 is 10.1 Å². The third-order valence-electron chi connectivity index (χ3n) is 4.20. The first kappa shape index (κ1) is 16.2. The first-order valence-electron chi connectivity index (χ1n) is 7.96. The fourth-order valence-electron chi connectivity index (χ4n) is 2.78. The Kier molecular flexibility index (Phi) is 4.59. The lowest BCUT2D eigenvalue weighted by Gasteiger charge is -2.15. The molecule has 1 unspecified atom stereocenters. The van der Waals surface area contributed by atoms with Crippen molar-refractivity contribution in [2.45, 2.75) is 38.8 Å². The van der Waals surface area contributed by atoms with E-state index in [9.17, 15) is 9.59 Å². The number of aromatic nitrogens is 3. The Morgan fingerprint density at radius 1 is 1.42 bits per heavy atom. The minimum atomic E-state index is -0.658. The summed E-state index contributed by atoms with van der Waals surface area (Å²) in [6.45, 7) is 2.01. The molecule has 0 aliphatic heterocycles. The van der Waals surface area contributed by atoms with Crippen LogP contribution in [0, 0.1) is 0 Å². The number of fused-ring (bicyclic) bond motifs is 1. The van der Waals surface area contributed by atoms with Gasteiger partial charge in [0.25, 0.3) is 5.56 Å². The van der Waals surface area contributed by atoms with Crippen LogP contribution in [0.3, 0.4) is 0 Å². The number of aryl methyl sites for hydroxylation is 2. The van der Waals surface area contributed by atoms with E-state index in [0.717, 1.165) is 36.1 Å². The van der Waals surface area contributed by atoms with Crippen molar-refractivity contribution in [1.82, 2.24) is 20.1 Å². The van der Waals surface area contributed by atoms with E-state index in [0.29, 0.717) is 12.4 Å². The molecule has 0 aromatic carbocycles. The lowest BCUT2D eigenvalue weighted by molar-refractivity contribution is -0.124. The van der Waals surface area contributed by atoms with E-state index < -0.39 is 6.04 Å². The maximum absolute atomic E-state index is 12.3. The van der Waals surface area contributed by atoms with Crippen molar-refractivity contribution in [3.05, 3.63) is 51.6 Å². The van der Waals surface area contributed by atoms with Crippen LogP contribution < -0.4 is 15.6 Å². The SMILES string of the molecule is COc1ccc(CNC(=O)C(C)n2nc3c(cc2=O)CCC3)cn1. The van der Waals surface area contributed by atoms with E-state index in [1.165, 1.54) is 4.68 Å². The number of amides is 1. The number of carbonyl (C=O) groups is 1. The maximum Gasteiger partial charge on any atom is 0.267 e. The first-order chi connectivity index (χ1) is 11.6. The Labute approximate surface area is 139 Å². The number of ether oxygens (including phenoxy) is 1. The second-order valence-electron chi connectivity index (χ2n) is 5.86. The van der Waals surface area contributed by atoms with Gasteiger partial charge in [-0.25, -0.2) is 9.67 Å². The summed E-state index contributed by atoms with van der Waals surface area (Å²) in [5.41, 5.74) is 2.55. The molecule has 1 aliphatic carbocycles. The largest absolute Gasteiger partial charge is 0.481 e. The van der Waals surface area contributed by atoms with Crippen LogP contribution >= 0.6 is 0 Å². The number of nitrogens with zero attached hydrogens (tertiary/aromatic N) is 3. The van der Waals surface area contributed by atoms with Gasteiger partial charge >= 0.3 is 0 Å². The normalized spacial score (nSPS) is 14.1. The molecule has 3 rings (SSSR count). The molecule has 0 fully saturated rings. The summed E-state index contributed by atoms with van der Waals surface area (Å²) >= 11 is 0. The van der Waals surface area contributed by atoms with Crippen LogP contribution in [0.5, 0.6) is 5.88 Å². The van der Waals surface area contributed by atoms with Gasteiger partial charge in [0.2, 0.25) is 11.8 Å². The average Bonchev–Trinajstić information content (AvgIpc) is 3.05. The molecule has 1 N–H and O–H groups in total. The predicted molar refractivity (Wildman–Crippen MR) is 87.9 cm³/mol. The number of rotatable bonds is 5. The monoisotopic (exact) mass is 328 g/mol. The van der Waals surface area contributed by atoms with Gasteiger partial charge in [0.1, 0.15) is 6.04 Å². The van der Waals surface area contributed by atoms with Crippen LogP contribution in [-0.2, 0) is 24.2 Å². The summed E-state index contributed by atoms with van der Waals surface area (Å²) in [5.74, 6) is 0.269. The van der Waals surface area contributed by atoms with Gasteiger partial charge in [-0.2, -0.15) is 5.10 Å². The molecular weight excluding hydrogens is 308 g/mol. The van der Waals surface area contributed by atoms with Gasteiger partial charge in [-0.15, -0.1) is 0 Å². The molecule has 0 spiro atoms. The van der Waals surface area contributed by atoms with E-state index in [-0.39, 0.29) is 11.5 Å². The van der Waals surface area contributed by atoms with Crippen molar-refractivity contribution in [2.24, 2.45) is 0 Å². The highest BCUT2D eigenvalue weighted by atomic mass is 16.5. The Morgan fingerprint density at radius 3 is 2.96 bits per heavy atom. The molecule has 0 saturated heterocycles. The van der Waals surface area contributed by atoms with Crippen LogP contribution in [0.2, 0.25) is 0 Å². The number of methoxy groups -OCH3 is 1. The van der Waals surface area contributed by atoms with Gasteiger partial charge in [-0.3, -0.25) is 9.59 Å². The maximum atomic E-state index is 12.3. The first-order valence-corrected chi connectivity index (χ1v) is 7.96. The summed E-state index contributed by atoms with van der Waals surface area (Å²) in [6, 6.07) is 4.51. The molecule has 2 aromatic heterocycles. The Hall–Kier alpha value is -2.70. The zero-order valence-electron chi connectivity index (χ0n) is 13.8. The van der Waals surface area contributed by atoms with Crippen LogP contribution in [0.25, 0.3) is 0 Å². The fraction of sp³-hybridized carbons (Fsp3) is 0.412. The van der Waals surface area contributed by atoms with Crippen LogP contribution in [0.15, 0.2) is 29.2 Å². The Bertz CT molecular complexity index is 798. The predicted octanol–water partition coefficient (Wildman–Crippen LogP) is 1.01. The highest BCUT2D eigenvalue weighted by molar-refractivity contribution is 5.79. The summed E-state index contributed by atoms with van der Waals surface area (Å²) in [4.78, 5) is 28.6. The summed E-state index contributed by atoms with van der Waals surface area (Å²) in [7, 11) is 1.55. The van der Waals surface area contributed by atoms with Crippen molar-refractivity contribution in [2.75, 3.05) is 7.11 Å². The third-order valence-corrected chi connectivity index (χ3v) is 4.20. The highest BCUT2D eigenvalue weighted by Gasteiger charge is 2.21. The third kappa shape index (κ3) is 3.29. The topological polar surface area (TPSA) is 86.1 Å². The van der Waals surface area contributed by atoms with Crippen molar-refractivity contribution in [1.29, 1.82) is 0 Å². The second kappa shape index (κ2) is 6.82. The number of hydrogen-bond acceptors (Lipinski definition) is 5. The molecule has 1 amide bonds. The number of pyridine rings is 1. The number of carbonyl (C=O) groups excluding carboxylic acids is 1. The molecule has 1 aliphatic rings. The van der Waals surface area contributed by atoms with E-state index in [4.69, 9.17) is 4.74 Å². The summed E-state index contributed by atoms with van der Waals surface area (Å²) in [6.07, 6.45) is 4.41. The van der Waals surface area contributed by atoms with Gasteiger partial charge in [0.05, 0.1) is 12.8 Å². The van der Waals surface area contributed by atoms with Gasteiger partial charge in [-0.05, 0) is 37.3 Å². The Morgan fingerprint density at radius 2 is 2.25 bits per heavy atom. The Balaban J connectivity index is 1.67. The van der Waals surface area contributed by atoms with Gasteiger partial charge in [-0.1, -0.05) is 6.07 Å². The second-order valence-corrected chi connectivity index (χ2v) is 5.86. The minimum absolute atomic E-state index is 0.232. The molecule has 126 valence electrons. The molecular formula is C17H20N4O3. The van der Waals surface area contributed by atoms with E-state index in [1.807, 2.05) is 6.07 Å². The van der Waals surface area contributed by atoms with E-state index >= 15 is 0 Å². The molecule has 0 bridgehead atoms. The lowest BCUT2D eigenvalue weighted by Crippen LogP contribution is -2.37. The minimum Gasteiger partial charge on any atom is -0.481 e. The molecule has 0 radical (unpaired) electrons. The molecule has 2 aromatic rings. The smallest absolute Gasteiger partial charge is 0.267 e.